The lowest BCUT2D eigenvalue weighted by Crippen LogP contribution is -2.53. The van der Waals surface area contributed by atoms with Crippen molar-refractivity contribution in [2.75, 3.05) is 18.8 Å². The average molecular weight is 442 g/mol. The Morgan fingerprint density at radius 2 is 2.00 bits per heavy atom. The van der Waals surface area contributed by atoms with E-state index in [0.29, 0.717) is 17.6 Å². The molecule has 2 N–H and O–H groups in total. The summed E-state index contributed by atoms with van der Waals surface area (Å²) in [6, 6.07) is 3.27. The molecule has 1 aliphatic heterocycles. The van der Waals surface area contributed by atoms with Crippen LogP contribution < -0.4 is 5.73 Å². The fourth-order valence-corrected chi connectivity index (χ4v) is 6.24. The average Bonchev–Trinajstić information content (AvgIpc) is 2.23. The summed E-state index contributed by atoms with van der Waals surface area (Å²) in [6.07, 6.45) is -0.168. The van der Waals surface area contributed by atoms with Gasteiger partial charge >= 0.3 is 0 Å². The Kier molecular flexibility index (Phi) is 4.76. The van der Waals surface area contributed by atoms with Gasteiger partial charge in [0, 0.05) is 22.0 Å². The van der Waals surface area contributed by atoms with E-state index in [4.69, 9.17) is 10.5 Å². The lowest BCUT2D eigenvalue weighted by Gasteiger charge is -2.41. The first-order valence-electron chi connectivity index (χ1n) is 6.45. The predicted molar refractivity (Wildman–Crippen MR) is 89.6 cm³/mol. The zero-order chi connectivity index (χ0) is 16.0. The van der Waals surface area contributed by atoms with E-state index in [1.165, 1.54) is 4.31 Å². The molecule has 118 valence electrons. The van der Waals surface area contributed by atoms with Gasteiger partial charge in [0.15, 0.2) is 0 Å². The highest BCUT2D eigenvalue weighted by Gasteiger charge is 2.39. The molecule has 0 amide bonds. The van der Waals surface area contributed by atoms with Crippen molar-refractivity contribution >= 4 is 47.6 Å². The van der Waals surface area contributed by atoms with Gasteiger partial charge in [-0.1, -0.05) is 15.9 Å². The normalized spacial score (nSPS) is 23.2. The fraction of sp³-hybridized carbons (Fsp3) is 0.538. The number of benzene rings is 1. The molecule has 1 unspecified atom stereocenters. The number of anilines is 1. The van der Waals surface area contributed by atoms with E-state index < -0.39 is 15.6 Å². The first kappa shape index (κ1) is 17.2. The molecule has 21 heavy (non-hydrogen) atoms. The van der Waals surface area contributed by atoms with Crippen molar-refractivity contribution in [1.82, 2.24) is 4.31 Å². The number of morpholine rings is 1. The first-order valence-corrected chi connectivity index (χ1v) is 9.48. The minimum Gasteiger partial charge on any atom is -0.398 e. The number of halogens is 2. The summed E-state index contributed by atoms with van der Waals surface area (Å²) < 4.78 is 34.2. The number of nitrogen functional groups attached to an aromatic ring is 1. The topological polar surface area (TPSA) is 72.6 Å². The Bertz CT molecular complexity index is 638. The van der Waals surface area contributed by atoms with Crippen LogP contribution >= 0.6 is 31.9 Å². The van der Waals surface area contributed by atoms with Crippen LogP contribution in [0.1, 0.15) is 20.8 Å². The third-order valence-electron chi connectivity index (χ3n) is 3.17. The lowest BCUT2D eigenvalue weighted by molar-refractivity contribution is -0.109. The number of rotatable bonds is 2. The van der Waals surface area contributed by atoms with Crippen LogP contribution in [0.3, 0.4) is 0 Å². The van der Waals surface area contributed by atoms with Gasteiger partial charge in [0.2, 0.25) is 10.0 Å². The maximum Gasteiger partial charge on any atom is 0.246 e. The summed E-state index contributed by atoms with van der Waals surface area (Å²) in [7, 11) is -3.68. The summed E-state index contributed by atoms with van der Waals surface area (Å²) in [5, 5.41) is 0. The van der Waals surface area contributed by atoms with Crippen molar-refractivity contribution in [2.45, 2.75) is 37.4 Å². The molecule has 1 atom stereocenters. The number of sulfonamides is 1. The van der Waals surface area contributed by atoms with E-state index in [0.717, 1.165) is 4.47 Å². The van der Waals surface area contributed by atoms with Crippen LogP contribution in [0.25, 0.3) is 0 Å². The Hall–Kier alpha value is -0.150. The maximum atomic E-state index is 12.9. The van der Waals surface area contributed by atoms with Crippen LogP contribution in [0.2, 0.25) is 0 Å². The molecule has 2 rings (SSSR count). The second-order valence-electron chi connectivity index (χ2n) is 5.79. The van der Waals surface area contributed by atoms with Gasteiger partial charge in [-0.3, -0.25) is 0 Å². The molecule has 8 heteroatoms. The minimum atomic E-state index is -3.68. The smallest absolute Gasteiger partial charge is 0.246 e. The molecule has 0 spiro atoms. The standard InChI is InChI=1S/C13H18Br2N2O3S/c1-8-6-17(7-13(2,3)20-8)21(18,19)12-10(15)4-9(14)5-11(12)16/h4-5,8H,6-7,16H2,1-3H3. The molecule has 5 nitrogen and oxygen atoms in total. The number of hydrogen-bond acceptors (Lipinski definition) is 4. The second kappa shape index (κ2) is 5.81. The minimum absolute atomic E-state index is 0.107. The number of nitrogens with two attached hydrogens (primary N) is 1. The largest absolute Gasteiger partial charge is 0.398 e. The molecule has 0 bridgehead atoms. The second-order valence-corrected chi connectivity index (χ2v) is 9.44. The third kappa shape index (κ3) is 3.61. The van der Waals surface area contributed by atoms with Crippen LogP contribution in [-0.2, 0) is 14.8 Å². The van der Waals surface area contributed by atoms with Gasteiger partial charge < -0.3 is 10.5 Å². The van der Waals surface area contributed by atoms with Crippen molar-refractivity contribution in [3.05, 3.63) is 21.1 Å². The molecule has 1 aromatic rings. The summed E-state index contributed by atoms with van der Waals surface area (Å²) in [5.74, 6) is 0. The van der Waals surface area contributed by atoms with E-state index in [2.05, 4.69) is 31.9 Å². The van der Waals surface area contributed by atoms with Gasteiger partial charge in [0.05, 0.1) is 17.4 Å². The fourth-order valence-electron chi connectivity index (χ4n) is 2.56. The molecule has 1 fully saturated rings. The maximum absolute atomic E-state index is 12.9. The van der Waals surface area contributed by atoms with Crippen molar-refractivity contribution in [3.8, 4) is 0 Å². The lowest BCUT2D eigenvalue weighted by atomic mass is 10.1. The Morgan fingerprint density at radius 1 is 1.38 bits per heavy atom. The van der Waals surface area contributed by atoms with Gasteiger partial charge in [-0.05, 0) is 48.8 Å². The van der Waals surface area contributed by atoms with E-state index in [1.807, 2.05) is 20.8 Å². The Balaban J connectivity index is 2.48. The Labute approximate surface area is 142 Å². The summed E-state index contributed by atoms with van der Waals surface area (Å²) >= 11 is 6.60. The number of hydrogen-bond donors (Lipinski definition) is 1. The van der Waals surface area contributed by atoms with Crippen molar-refractivity contribution in [2.24, 2.45) is 0 Å². The highest BCUT2D eigenvalue weighted by molar-refractivity contribution is 9.11. The van der Waals surface area contributed by atoms with Crippen molar-refractivity contribution in [3.63, 3.8) is 0 Å². The van der Waals surface area contributed by atoms with Gasteiger partial charge in [0.25, 0.3) is 0 Å². The molecule has 1 aromatic carbocycles. The zero-order valence-electron chi connectivity index (χ0n) is 12.1. The highest BCUT2D eigenvalue weighted by atomic mass is 79.9. The number of nitrogens with zero attached hydrogens (tertiary/aromatic N) is 1. The molecule has 0 aromatic heterocycles. The van der Waals surface area contributed by atoms with Crippen LogP contribution in [0.4, 0.5) is 5.69 Å². The third-order valence-corrected chi connectivity index (χ3v) is 6.45. The van der Waals surface area contributed by atoms with Crippen molar-refractivity contribution in [1.29, 1.82) is 0 Å². The van der Waals surface area contributed by atoms with Crippen LogP contribution in [0.15, 0.2) is 26.0 Å². The van der Waals surface area contributed by atoms with E-state index >= 15 is 0 Å². The quantitative estimate of drug-likeness (QED) is 0.716. The van der Waals surface area contributed by atoms with E-state index in [9.17, 15) is 8.42 Å². The Morgan fingerprint density at radius 3 is 2.52 bits per heavy atom. The molecule has 1 saturated heterocycles. The molecule has 1 aliphatic rings. The zero-order valence-corrected chi connectivity index (χ0v) is 16.0. The van der Waals surface area contributed by atoms with Gasteiger partial charge in [-0.2, -0.15) is 4.31 Å². The molecule has 0 saturated carbocycles. The molecule has 0 aliphatic carbocycles. The molecular weight excluding hydrogens is 424 g/mol. The van der Waals surface area contributed by atoms with Crippen LogP contribution in [0, 0.1) is 0 Å². The SMILES string of the molecule is CC1CN(S(=O)(=O)c2c(N)cc(Br)cc2Br)CC(C)(C)O1. The summed E-state index contributed by atoms with van der Waals surface area (Å²) in [4.78, 5) is 0.107. The van der Waals surface area contributed by atoms with Crippen LogP contribution in [-0.4, -0.2) is 37.5 Å². The first-order chi connectivity index (χ1) is 9.53. The predicted octanol–water partition coefficient (Wildman–Crippen LogP) is 2.98. The molecule has 0 radical (unpaired) electrons. The van der Waals surface area contributed by atoms with Crippen LogP contribution in [0.5, 0.6) is 0 Å². The van der Waals surface area contributed by atoms with Gasteiger partial charge in [-0.15, -0.1) is 0 Å². The van der Waals surface area contributed by atoms with Gasteiger partial charge in [0.1, 0.15) is 4.90 Å². The molecule has 1 heterocycles. The number of ether oxygens (including phenoxy) is 1. The summed E-state index contributed by atoms with van der Waals surface area (Å²) in [6.45, 7) is 6.23. The summed E-state index contributed by atoms with van der Waals surface area (Å²) in [5.41, 5.74) is 5.61. The van der Waals surface area contributed by atoms with E-state index in [1.54, 1.807) is 12.1 Å². The van der Waals surface area contributed by atoms with Crippen molar-refractivity contribution < 1.29 is 13.2 Å². The van der Waals surface area contributed by atoms with Gasteiger partial charge in [-0.25, -0.2) is 8.42 Å². The van der Waals surface area contributed by atoms with E-state index in [-0.39, 0.29) is 16.7 Å². The monoisotopic (exact) mass is 440 g/mol. The molecular formula is C13H18Br2N2O3S. The highest BCUT2D eigenvalue weighted by Crippen LogP contribution is 2.35.